The molecule has 0 atom stereocenters. The second-order valence-corrected chi connectivity index (χ2v) is 2.56. The van der Waals surface area contributed by atoms with Crippen LogP contribution < -0.4 is 5.84 Å². The summed E-state index contributed by atoms with van der Waals surface area (Å²) >= 11 is 0. The minimum absolute atomic E-state index is 0.810. The third kappa shape index (κ3) is 2.04. The molecule has 0 bridgehead atoms. The normalized spacial score (nSPS) is 10.7. The third-order valence-electron chi connectivity index (χ3n) is 1.38. The fourth-order valence-corrected chi connectivity index (χ4v) is 1.08. The zero-order chi connectivity index (χ0) is 8.27. The molecule has 0 amide bonds. The lowest BCUT2D eigenvalue weighted by atomic mass is 10.1. The van der Waals surface area contributed by atoms with Crippen LogP contribution in [0, 0.1) is 13.8 Å². The Morgan fingerprint density at radius 3 is 2.09 bits per heavy atom. The summed E-state index contributed by atoms with van der Waals surface area (Å²) in [5, 5.41) is 6.94. The minimum atomic E-state index is 0.810. The number of nitrogens with zero attached hydrogens (tertiary/aromatic N) is 2. The van der Waals surface area contributed by atoms with Gasteiger partial charge in [-0.1, -0.05) is 11.3 Å². The molecule has 0 aromatic heterocycles. The van der Waals surface area contributed by atoms with Gasteiger partial charge in [-0.25, -0.2) is 0 Å². The van der Waals surface area contributed by atoms with Gasteiger partial charge in [0, 0.05) is 0 Å². The van der Waals surface area contributed by atoms with E-state index in [1.165, 1.54) is 11.1 Å². The molecule has 3 nitrogen and oxygen atoms in total. The van der Waals surface area contributed by atoms with E-state index >= 15 is 0 Å². The number of hydrogen-bond donors (Lipinski definition) is 1. The topological polar surface area (TPSA) is 50.7 Å². The van der Waals surface area contributed by atoms with Gasteiger partial charge in [-0.05, 0) is 37.1 Å². The van der Waals surface area contributed by atoms with Crippen molar-refractivity contribution in [2.45, 2.75) is 13.8 Å². The van der Waals surface area contributed by atoms with Crippen LogP contribution in [0.25, 0.3) is 0 Å². The Morgan fingerprint density at radius 1 is 1.09 bits per heavy atom. The molecular formula is C8H11N3. The summed E-state index contributed by atoms with van der Waals surface area (Å²) in [4.78, 5) is 0. The molecule has 0 saturated carbocycles. The largest absolute Gasteiger partial charge is 0.305 e. The summed E-state index contributed by atoms with van der Waals surface area (Å²) in [7, 11) is 0. The average molecular weight is 149 g/mol. The van der Waals surface area contributed by atoms with Crippen molar-refractivity contribution < 1.29 is 0 Å². The van der Waals surface area contributed by atoms with Crippen LogP contribution in [0.2, 0.25) is 0 Å². The molecule has 58 valence electrons. The maximum atomic E-state index is 4.92. The van der Waals surface area contributed by atoms with Crippen molar-refractivity contribution in [2.24, 2.45) is 16.2 Å². The Bertz CT molecular complexity index is 258. The highest BCUT2D eigenvalue weighted by atomic mass is 15.3. The molecular weight excluding hydrogens is 138 g/mol. The van der Waals surface area contributed by atoms with Crippen LogP contribution in [0.3, 0.4) is 0 Å². The van der Waals surface area contributed by atoms with E-state index in [2.05, 4.69) is 16.4 Å². The molecule has 0 radical (unpaired) electrons. The van der Waals surface area contributed by atoms with Gasteiger partial charge in [-0.2, -0.15) is 0 Å². The van der Waals surface area contributed by atoms with Crippen molar-refractivity contribution in [3.63, 3.8) is 0 Å². The van der Waals surface area contributed by atoms with Crippen LogP contribution in [-0.4, -0.2) is 0 Å². The monoisotopic (exact) mass is 149 g/mol. The smallest absolute Gasteiger partial charge is 0.0879 e. The molecule has 3 heteroatoms. The summed E-state index contributed by atoms with van der Waals surface area (Å²) in [6.45, 7) is 4.03. The Balaban J connectivity index is 3.08. The predicted octanol–water partition coefficient (Wildman–Crippen LogP) is 2.26. The van der Waals surface area contributed by atoms with E-state index in [0.29, 0.717) is 0 Å². The highest BCUT2D eigenvalue weighted by Crippen LogP contribution is 2.16. The van der Waals surface area contributed by atoms with Crippen LogP contribution in [0.15, 0.2) is 28.5 Å². The molecule has 0 unspecified atom stereocenters. The van der Waals surface area contributed by atoms with E-state index in [1.807, 2.05) is 26.0 Å². The summed E-state index contributed by atoms with van der Waals surface area (Å²) < 4.78 is 0. The number of nitrogens with two attached hydrogens (primary N) is 1. The molecule has 1 rings (SSSR count). The van der Waals surface area contributed by atoms with Crippen LogP contribution >= 0.6 is 0 Å². The minimum Gasteiger partial charge on any atom is -0.305 e. The number of hydrogen-bond acceptors (Lipinski definition) is 2. The van der Waals surface area contributed by atoms with Gasteiger partial charge >= 0.3 is 0 Å². The zero-order valence-corrected chi connectivity index (χ0v) is 6.70. The van der Waals surface area contributed by atoms with E-state index in [1.54, 1.807) is 0 Å². The second-order valence-electron chi connectivity index (χ2n) is 2.56. The maximum absolute atomic E-state index is 4.92. The fourth-order valence-electron chi connectivity index (χ4n) is 1.08. The molecule has 0 aliphatic carbocycles. The molecule has 0 fully saturated rings. The first-order valence-electron chi connectivity index (χ1n) is 3.41. The summed E-state index contributed by atoms with van der Waals surface area (Å²) in [6.07, 6.45) is 0. The number of benzene rings is 1. The van der Waals surface area contributed by atoms with Gasteiger partial charge in [0.2, 0.25) is 0 Å². The van der Waals surface area contributed by atoms with E-state index in [-0.39, 0.29) is 0 Å². The number of aryl methyl sites for hydroxylation is 2. The van der Waals surface area contributed by atoms with Crippen LogP contribution in [0.1, 0.15) is 11.1 Å². The van der Waals surface area contributed by atoms with Gasteiger partial charge in [0.1, 0.15) is 0 Å². The summed E-state index contributed by atoms with van der Waals surface area (Å²) in [5.74, 6) is 4.92. The first kappa shape index (κ1) is 7.72. The first-order chi connectivity index (χ1) is 5.22. The van der Waals surface area contributed by atoms with Gasteiger partial charge in [0.05, 0.1) is 5.69 Å². The van der Waals surface area contributed by atoms with Crippen molar-refractivity contribution in [2.75, 3.05) is 0 Å². The highest BCUT2D eigenvalue weighted by Gasteiger charge is 1.92. The highest BCUT2D eigenvalue weighted by molar-refractivity contribution is 5.42. The maximum Gasteiger partial charge on any atom is 0.0879 e. The first-order valence-corrected chi connectivity index (χ1v) is 3.41. The quantitative estimate of drug-likeness (QED) is 0.371. The van der Waals surface area contributed by atoms with Gasteiger partial charge in [0.15, 0.2) is 0 Å². The van der Waals surface area contributed by atoms with Gasteiger partial charge in [0.25, 0.3) is 0 Å². The Hall–Kier alpha value is -1.38. The van der Waals surface area contributed by atoms with Crippen LogP contribution in [0.4, 0.5) is 5.69 Å². The molecule has 11 heavy (non-hydrogen) atoms. The second kappa shape index (κ2) is 3.14. The molecule has 2 N–H and O–H groups in total. The van der Waals surface area contributed by atoms with Gasteiger partial charge in [-0.15, -0.1) is 5.11 Å². The van der Waals surface area contributed by atoms with Crippen molar-refractivity contribution in [1.29, 1.82) is 0 Å². The van der Waals surface area contributed by atoms with Crippen molar-refractivity contribution in [1.82, 2.24) is 0 Å². The van der Waals surface area contributed by atoms with Crippen molar-refractivity contribution in [3.8, 4) is 0 Å². The molecule has 1 aromatic rings. The van der Waals surface area contributed by atoms with E-state index in [4.69, 9.17) is 5.84 Å². The summed E-state index contributed by atoms with van der Waals surface area (Å²) in [6, 6.07) is 5.95. The molecule has 0 aliphatic heterocycles. The van der Waals surface area contributed by atoms with Gasteiger partial charge < -0.3 is 5.84 Å². The summed E-state index contributed by atoms with van der Waals surface area (Å²) in [5.41, 5.74) is 3.16. The molecule has 1 aromatic carbocycles. The molecule has 0 heterocycles. The van der Waals surface area contributed by atoms with Crippen molar-refractivity contribution >= 4 is 5.69 Å². The molecule has 0 spiro atoms. The lowest BCUT2D eigenvalue weighted by molar-refractivity contribution is 1.06. The van der Waals surface area contributed by atoms with Gasteiger partial charge in [-0.3, -0.25) is 0 Å². The van der Waals surface area contributed by atoms with E-state index in [0.717, 1.165) is 5.69 Å². The fraction of sp³-hybridized carbons (Fsp3) is 0.250. The van der Waals surface area contributed by atoms with Crippen LogP contribution in [-0.2, 0) is 0 Å². The standard InChI is InChI=1S/C8H11N3/c1-6-3-7(2)5-8(4-6)10-11-9/h3-5H,1-2H3,(H2,9,10). The lowest BCUT2D eigenvalue weighted by Crippen LogP contribution is -1.77. The van der Waals surface area contributed by atoms with Crippen LogP contribution in [0.5, 0.6) is 0 Å². The molecule has 0 saturated heterocycles. The predicted molar refractivity (Wildman–Crippen MR) is 44.6 cm³/mol. The zero-order valence-electron chi connectivity index (χ0n) is 6.70. The van der Waals surface area contributed by atoms with Crippen molar-refractivity contribution in [3.05, 3.63) is 29.3 Å². The number of rotatable bonds is 1. The Kier molecular flexibility index (Phi) is 2.21. The SMILES string of the molecule is Cc1cc(C)cc(N=NN)c1. The Morgan fingerprint density at radius 2 is 1.64 bits per heavy atom. The molecule has 0 aliphatic rings. The van der Waals surface area contributed by atoms with E-state index < -0.39 is 0 Å². The Labute approximate surface area is 65.9 Å². The average Bonchev–Trinajstić information content (AvgIpc) is 1.85. The third-order valence-corrected chi connectivity index (χ3v) is 1.38. The van der Waals surface area contributed by atoms with E-state index in [9.17, 15) is 0 Å². The lowest BCUT2D eigenvalue weighted by Gasteiger charge is -1.96.